The van der Waals surface area contributed by atoms with Crippen molar-refractivity contribution in [3.63, 3.8) is 0 Å². The van der Waals surface area contributed by atoms with E-state index in [1.807, 2.05) is 0 Å². The Morgan fingerprint density at radius 3 is 2.44 bits per heavy atom. The molecule has 1 aromatic carbocycles. The fourth-order valence-electron chi connectivity index (χ4n) is 1.46. The van der Waals surface area contributed by atoms with Crippen molar-refractivity contribution < 1.29 is 18.3 Å². The van der Waals surface area contributed by atoms with Crippen molar-refractivity contribution in [2.75, 3.05) is 4.72 Å². The number of benzene rings is 1. The molecule has 0 aliphatic heterocycles. The molecule has 0 amide bonds. The zero-order valence-corrected chi connectivity index (χ0v) is 11.2. The Morgan fingerprint density at radius 2 is 1.94 bits per heavy atom. The zero-order valence-electron chi connectivity index (χ0n) is 10.4. The van der Waals surface area contributed by atoms with Gasteiger partial charge >= 0.3 is 5.97 Å². The SMILES string of the molecule is Cc1c(NS(=O)(=O)NC(C)C)cccc1C(=O)O. The lowest BCUT2D eigenvalue weighted by Crippen LogP contribution is -2.35. The van der Waals surface area contributed by atoms with Crippen molar-refractivity contribution in [2.24, 2.45) is 0 Å². The van der Waals surface area contributed by atoms with E-state index in [1.165, 1.54) is 18.2 Å². The summed E-state index contributed by atoms with van der Waals surface area (Å²) in [4.78, 5) is 10.9. The van der Waals surface area contributed by atoms with Gasteiger partial charge in [-0.15, -0.1) is 0 Å². The van der Waals surface area contributed by atoms with Gasteiger partial charge in [-0.05, 0) is 38.5 Å². The maximum atomic E-state index is 11.7. The molecule has 0 unspecified atom stereocenters. The molecule has 0 bridgehead atoms. The lowest BCUT2D eigenvalue weighted by molar-refractivity contribution is 0.0696. The average molecular weight is 272 g/mol. The molecule has 1 aromatic rings. The van der Waals surface area contributed by atoms with Crippen molar-refractivity contribution in [1.82, 2.24) is 4.72 Å². The summed E-state index contributed by atoms with van der Waals surface area (Å²) in [5, 5.41) is 8.94. The normalized spacial score (nSPS) is 11.6. The van der Waals surface area contributed by atoms with Gasteiger partial charge in [0, 0.05) is 6.04 Å². The van der Waals surface area contributed by atoms with Crippen LogP contribution >= 0.6 is 0 Å². The van der Waals surface area contributed by atoms with E-state index in [-0.39, 0.29) is 17.3 Å². The second kappa shape index (κ2) is 5.36. The van der Waals surface area contributed by atoms with E-state index in [2.05, 4.69) is 9.44 Å². The van der Waals surface area contributed by atoms with Gasteiger partial charge in [0.25, 0.3) is 10.2 Å². The fraction of sp³-hybridized carbons (Fsp3) is 0.364. The minimum atomic E-state index is -3.69. The van der Waals surface area contributed by atoms with E-state index in [1.54, 1.807) is 20.8 Å². The van der Waals surface area contributed by atoms with Gasteiger partial charge in [-0.25, -0.2) is 4.79 Å². The fourth-order valence-corrected chi connectivity index (χ4v) is 2.65. The van der Waals surface area contributed by atoms with Gasteiger partial charge < -0.3 is 5.11 Å². The first-order chi connectivity index (χ1) is 8.23. The third-order valence-corrected chi connectivity index (χ3v) is 3.47. The summed E-state index contributed by atoms with van der Waals surface area (Å²) >= 11 is 0. The Bertz CT molecular complexity index is 552. The van der Waals surface area contributed by atoms with Crippen LogP contribution in [-0.4, -0.2) is 25.5 Å². The predicted octanol–water partition coefficient (Wildman–Crippen LogP) is 1.35. The summed E-state index contributed by atoms with van der Waals surface area (Å²) in [7, 11) is -3.69. The molecule has 0 heterocycles. The first-order valence-electron chi connectivity index (χ1n) is 5.36. The predicted molar refractivity (Wildman–Crippen MR) is 69.0 cm³/mol. The molecule has 7 heteroatoms. The maximum Gasteiger partial charge on any atom is 0.336 e. The van der Waals surface area contributed by atoms with Crippen molar-refractivity contribution in [3.8, 4) is 0 Å². The van der Waals surface area contributed by atoms with Gasteiger partial charge in [0.05, 0.1) is 11.3 Å². The summed E-state index contributed by atoms with van der Waals surface area (Å²) in [6.45, 7) is 4.94. The average Bonchev–Trinajstić information content (AvgIpc) is 2.18. The molecule has 0 spiro atoms. The highest BCUT2D eigenvalue weighted by molar-refractivity contribution is 7.90. The van der Waals surface area contributed by atoms with Crippen LogP contribution in [0.15, 0.2) is 18.2 Å². The van der Waals surface area contributed by atoms with Gasteiger partial charge in [0.15, 0.2) is 0 Å². The first kappa shape index (κ1) is 14.5. The number of carboxylic acid groups (broad SMARTS) is 1. The van der Waals surface area contributed by atoms with Crippen molar-refractivity contribution in [3.05, 3.63) is 29.3 Å². The minimum absolute atomic E-state index is 0.0692. The third kappa shape index (κ3) is 3.71. The van der Waals surface area contributed by atoms with Gasteiger partial charge in [0.1, 0.15) is 0 Å². The van der Waals surface area contributed by atoms with Crippen LogP contribution < -0.4 is 9.44 Å². The second-order valence-corrected chi connectivity index (χ2v) is 5.61. The van der Waals surface area contributed by atoms with Crippen molar-refractivity contribution >= 4 is 21.9 Å². The number of carbonyl (C=O) groups is 1. The molecular formula is C11H16N2O4S. The smallest absolute Gasteiger partial charge is 0.336 e. The van der Waals surface area contributed by atoms with Gasteiger partial charge in [-0.3, -0.25) is 4.72 Å². The second-order valence-electron chi connectivity index (χ2n) is 4.16. The Kier molecular flexibility index (Phi) is 4.31. The molecule has 0 aliphatic carbocycles. The van der Waals surface area contributed by atoms with Crippen LogP contribution in [0.25, 0.3) is 0 Å². The number of nitrogens with one attached hydrogen (secondary N) is 2. The van der Waals surface area contributed by atoms with Crippen molar-refractivity contribution in [2.45, 2.75) is 26.8 Å². The van der Waals surface area contributed by atoms with Gasteiger partial charge in [0.2, 0.25) is 0 Å². The molecule has 1 rings (SSSR count). The maximum absolute atomic E-state index is 11.7. The molecule has 0 aromatic heterocycles. The van der Waals surface area contributed by atoms with E-state index >= 15 is 0 Å². The van der Waals surface area contributed by atoms with Crippen LogP contribution in [0.5, 0.6) is 0 Å². The molecule has 0 aliphatic rings. The molecule has 3 N–H and O–H groups in total. The highest BCUT2D eigenvalue weighted by Gasteiger charge is 2.15. The summed E-state index contributed by atoms with van der Waals surface area (Å²) in [5.74, 6) is -1.09. The van der Waals surface area contributed by atoms with Gasteiger partial charge in [-0.1, -0.05) is 6.07 Å². The number of aromatic carboxylic acids is 1. The Labute approximate surface area is 106 Å². The summed E-state index contributed by atoms with van der Waals surface area (Å²) in [6.07, 6.45) is 0. The lowest BCUT2D eigenvalue weighted by Gasteiger charge is -2.14. The van der Waals surface area contributed by atoms with E-state index in [4.69, 9.17) is 5.11 Å². The summed E-state index contributed by atoms with van der Waals surface area (Å²) < 4.78 is 28.0. The molecule has 0 fully saturated rings. The summed E-state index contributed by atoms with van der Waals surface area (Å²) in [6, 6.07) is 4.18. The molecule has 6 nitrogen and oxygen atoms in total. The molecule has 0 saturated carbocycles. The quantitative estimate of drug-likeness (QED) is 0.754. The number of carboxylic acids is 1. The topological polar surface area (TPSA) is 95.5 Å². The van der Waals surface area contributed by atoms with E-state index in [0.29, 0.717) is 5.56 Å². The van der Waals surface area contributed by atoms with E-state index in [9.17, 15) is 13.2 Å². The van der Waals surface area contributed by atoms with Crippen LogP contribution in [0.2, 0.25) is 0 Å². The Hall–Kier alpha value is -1.60. The standard InChI is InChI=1S/C11H16N2O4S/c1-7(2)12-18(16,17)13-10-6-4-5-9(8(10)3)11(14)15/h4-7,12-13H,1-3H3,(H,14,15). The highest BCUT2D eigenvalue weighted by atomic mass is 32.2. The molecular weight excluding hydrogens is 256 g/mol. The lowest BCUT2D eigenvalue weighted by atomic mass is 10.1. The van der Waals surface area contributed by atoms with E-state index < -0.39 is 16.2 Å². The van der Waals surface area contributed by atoms with Crippen LogP contribution in [-0.2, 0) is 10.2 Å². The molecule has 0 radical (unpaired) electrons. The van der Waals surface area contributed by atoms with Gasteiger partial charge in [-0.2, -0.15) is 13.1 Å². The largest absolute Gasteiger partial charge is 0.478 e. The molecule has 0 saturated heterocycles. The molecule has 100 valence electrons. The van der Waals surface area contributed by atoms with Crippen LogP contribution in [0, 0.1) is 6.92 Å². The van der Waals surface area contributed by atoms with Crippen molar-refractivity contribution in [1.29, 1.82) is 0 Å². The Balaban J connectivity index is 3.06. The number of hydrogen-bond acceptors (Lipinski definition) is 3. The number of hydrogen-bond donors (Lipinski definition) is 3. The number of anilines is 1. The van der Waals surface area contributed by atoms with Crippen LogP contribution in [0.4, 0.5) is 5.69 Å². The summed E-state index contributed by atoms with van der Waals surface area (Å²) in [5.41, 5.74) is 0.696. The Morgan fingerprint density at radius 1 is 1.33 bits per heavy atom. The number of rotatable bonds is 5. The third-order valence-electron chi connectivity index (χ3n) is 2.20. The van der Waals surface area contributed by atoms with E-state index in [0.717, 1.165) is 0 Å². The highest BCUT2D eigenvalue weighted by Crippen LogP contribution is 2.19. The molecule has 18 heavy (non-hydrogen) atoms. The molecule has 0 atom stereocenters. The monoisotopic (exact) mass is 272 g/mol. The van der Waals surface area contributed by atoms with Crippen LogP contribution in [0.3, 0.4) is 0 Å². The van der Waals surface area contributed by atoms with Crippen LogP contribution in [0.1, 0.15) is 29.8 Å². The minimum Gasteiger partial charge on any atom is -0.478 e. The zero-order chi connectivity index (χ0) is 13.9. The first-order valence-corrected chi connectivity index (χ1v) is 6.84.